The Labute approximate surface area is 151 Å². The number of nitrogens with one attached hydrogen (secondary N) is 1. The Bertz CT molecular complexity index is 813. The summed E-state index contributed by atoms with van der Waals surface area (Å²) >= 11 is 1.43. The standard InChI is InChI=1S/C20H19N3OS/c1-15(12-13-16-8-4-2-5-9-16)22-23-20-21-19(24)18(25-20)14-17-10-6-3-7-11-17/h2-13,18H,14H2,1H3,(H,21,23,24)/b13-12+,22-15-/t18-/m0/s1. The van der Waals surface area contributed by atoms with Crippen LogP contribution >= 0.6 is 11.8 Å². The average molecular weight is 349 g/mol. The third-order valence-electron chi connectivity index (χ3n) is 3.66. The van der Waals surface area contributed by atoms with Crippen LogP contribution in [0.5, 0.6) is 0 Å². The van der Waals surface area contributed by atoms with Crippen LogP contribution in [0.4, 0.5) is 0 Å². The van der Waals surface area contributed by atoms with Crippen LogP contribution in [-0.4, -0.2) is 22.0 Å². The topological polar surface area (TPSA) is 53.8 Å². The fourth-order valence-corrected chi connectivity index (χ4v) is 3.31. The first-order chi connectivity index (χ1) is 12.2. The molecule has 1 fully saturated rings. The molecule has 0 bridgehead atoms. The Morgan fingerprint density at radius 1 is 1.12 bits per heavy atom. The maximum Gasteiger partial charge on any atom is 0.239 e. The number of carbonyl (C=O) groups is 1. The van der Waals surface area contributed by atoms with Gasteiger partial charge in [0, 0.05) is 0 Å². The van der Waals surface area contributed by atoms with Crippen molar-refractivity contribution in [3.05, 3.63) is 77.9 Å². The van der Waals surface area contributed by atoms with E-state index in [2.05, 4.69) is 15.5 Å². The Morgan fingerprint density at radius 2 is 1.80 bits per heavy atom. The van der Waals surface area contributed by atoms with E-state index in [1.165, 1.54) is 11.8 Å². The normalized spacial score (nSPS) is 19.6. The van der Waals surface area contributed by atoms with Crippen LogP contribution in [-0.2, 0) is 11.2 Å². The molecule has 3 rings (SSSR count). The SMILES string of the molecule is CC(/C=C/c1ccccc1)=N/N=C1\NC(=O)[C@H](Cc2ccccc2)S1. The van der Waals surface area contributed by atoms with Crippen LogP contribution < -0.4 is 5.32 Å². The van der Waals surface area contributed by atoms with Crippen molar-refractivity contribution in [3.63, 3.8) is 0 Å². The van der Waals surface area contributed by atoms with Crippen molar-refractivity contribution < 1.29 is 4.79 Å². The number of amides is 1. The van der Waals surface area contributed by atoms with Crippen LogP contribution in [0, 0.1) is 0 Å². The summed E-state index contributed by atoms with van der Waals surface area (Å²) in [6.07, 6.45) is 4.58. The van der Waals surface area contributed by atoms with Crippen LogP contribution in [0.1, 0.15) is 18.1 Å². The van der Waals surface area contributed by atoms with Gasteiger partial charge in [0.05, 0.1) is 11.0 Å². The van der Waals surface area contributed by atoms with Gasteiger partial charge in [0.1, 0.15) is 0 Å². The first kappa shape index (κ1) is 17.2. The van der Waals surface area contributed by atoms with Crippen molar-refractivity contribution in [1.29, 1.82) is 0 Å². The van der Waals surface area contributed by atoms with Gasteiger partial charge in [-0.3, -0.25) is 4.79 Å². The summed E-state index contributed by atoms with van der Waals surface area (Å²) in [4.78, 5) is 12.1. The van der Waals surface area contributed by atoms with Crippen molar-refractivity contribution in [2.24, 2.45) is 10.2 Å². The first-order valence-corrected chi connectivity index (χ1v) is 8.95. The van der Waals surface area contributed by atoms with Crippen molar-refractivity contribution in [2.45, 2.75) is 18.6 Å². The second kappa shape index (κ2) is 8.44. The molecule has 1 saturated heterocycles. The van der Waals surface area contributed by atoms with Gasteiger partial charge >= 0.3 is 0 Å². The molecule has 1 N–H and O–H groups in total. The van der Waals surface area contributed by atoms with Crippen LogP contribution in [0.15, 0.2) is 76.9 Å². The van der Waals surface area contributed by atoms with Crippen LogP contribution in [0.25, 0.3) is 6.08 Å². The molecule has 4 nitrogen and oxygen atoms in total. The highest BCUT2D eigenvalue weighted by Crippen LogP contribution is 2.23. The Kier molecular flexibility index (Phi) is 5.80. The summed E-state index contributed by atoms with van der Waals surface area (Å²) in [5.74, 6) is -0.0136. The smallest absolute Gasteiger partial charge is 0.239 e. The lowest BCUT2D eigenvalue weighted by atomic mass is 10.1. The third kappa shape index (κ3) is 5.16. The zero-order chi connectivity index (χ0) is 17.5. The number of hydrogen-bond donors (Lipinski definition) is 1. The van der Waals surface area contributed by atoms with E-state index >= 15 is 0 Å². The molecule has 0 aliphatic carbocycles. The summed E-state index contributed by atoms with van der Waals surface area (Å²) in [7, 11) is 0. The summed E-state index contributed by atoms with van der Waals surface area (Å²) in [6, 6.07) is 20.0. The lowest BCUT2D eigenvalue weighted by molar-refractivity contribution is -0.118. The van der Waals surface area contributed by atoms with Crippen molar-refractivity contribution in [2.75, 3.05) is 0 Å². The van der Waals surface area contributed by atoms with Gasteiger partial charge in [-0.1, -0.05) is 78.5 Å². The van der Waals surface area contributed by atoms with E-state index in [4.69, 9.17) is 0 Å². The minimum Gasteiger partial charge on any atom is -0.303 e. The number of nitrogens with zero attached hydrogens (tertiary/aromatic N) is 2. The maximum atomic E-state index is 12.1. The molecule has 1 aliphatic rings. The third-order valence-corrected chi connectivity index (χ3v) is 4.73. The van der Waals surface area contributed by atoms with Gasteiger partial charge < -0.3 is 5.32 Å². The number of benzene rings is 2. The molecule has 1 atom stereocenters. The summed E-state index contributed by atoms with van der Waals surface area (Å²) in [5.41, 5.74) is 3.02. The predicted molar refractivity (Wildman–Crippen MR) is 106 cm³/mol. The summed E-state index contributed by atoms with van der Waals surface area (Å²) < 4.78 is 0. The highest BCUT2D eigenvalue weighted by Gasteiger charge is 2.30. The van der Waals surface area contributed by atoms with Gasteiger partial charge in [-0.25, -0.2) is 0 Å². The molecule has 1 aliphatic heterocycles. The van der Waals surface area contributed by atoms with Gasteiger partial charge in [-0.15, -0.1) is 5.10 Å². The van der Waals surface area contributed by atoms with Crippen LogP contribution in [0.2, 0.25) is 0 Å². The molecule has 2 aromatic rings. The summed E-state index contributed by atoms with van der Waals surface area (Å²) in [5, 5.41) is 11.5. The number of rotatable bonds is 5. The Hall–Kier alpha value is -2.66. The van der Waals surface area contributed by atoms with E-state index in [0.29, 0.717) is 11.6 Å². The van der Waals surface area contributed by atoms with E-state index < -0.39 is 0 Å². The number of amidine groups is 1. The number of hydrogen-bond acceptors (Lipinski definition) is 4. The van der Waals surface area contributed by atoms with E-state index in [0.717, 1.165) is 16.8 Å². The molecule has 126 valence electrons. The molecular weight excluding hydrogens is 330 g/mol. The van der Waals surface area contributed by atoms with Gasteiger partial charge in [-0.2, -0.15) is 5.10 Å². The molecule has 0 radical (unpaired) electrons. The molecule has 0 saturated carbocycles. The molecule has 1 heterocycles. The largest absolute Gasteiger partial charge is 0.303 e. The maximum absolute atomic E-state index is 12.1. The molecule has 0 aromatic heterocycles. The zero-order valence-electron chi connectivity index (χ0n) is 13.9. The van der Waals surface area contributed by atoms with Gasteiger partial charge in [0.15, 0.2) is 5.17 Å². The van der Waals surface area contributed by atoms with E-state index in [1.807, 2.05) is 79.7 Å². The summed E-state index contributed by atoms with van der Waals surface area (Å²) in [6.45, 7) is 1.88. The molecule has 2 aromatic carbocycles. The Morgan fingerprint density at radius 3 is 2.52 bits per heavy atom. The second-order valence-corrected chi connectivity index (χ2v) is 6.87. The number of carbonyl (C=O) groups excluding carboxylic acids is 1. The fraction of sp³-hybridized carbons (Fsp3) is 0.150. The van der Waals surface area contributed by atoms with Gasteiger partial charge in [-0.05, 0) is 30.5 Å². The average Bonchev–Trinajstić information content (AvgIpc) is 2.99. The molecule has 5 heteroatoms. The lowest BCUT2D eigenvalue weighted by Crippen LogP contribution is -2.25. The van der Waals surface area contributed by atoms with Gasteiger partial charge in [0.25, 0.3) is 0 Å². The van der Waals surface area contributed by atoms with E-state index in [1.54, 1.807) is 0 Å². The van der Waals surface area contributed by atoms with E-state index in [9.17, 15) is 4.79 Å². The second-order valence-electron chi connectivity index (χ2n) is 5.68. The minimum absolute atomic E-state index is 0.0136. The van der Waals surface area contributed by atoms with Crippen molar-refractivity contribution >= 4 is 34.6 Å². The Balaban J connectivity index is 1.60. The fourth-order valence-electron chi connectivity index (χ4n) is 2.35. The minimum atomic E-state index is -0.156. The van der Waals surface area contributed by atoms with Crippen LogP contribution in [0.3, 0.4) is 0 Å². The highest BCUT2D eigenvalue weighted by atomic mass is 32.2. The van der Waals surface area contributed by atoms with E-state index in [-0.39, 0.29) is 11.2 Å². The molecule has 1 amide bonds. The highest BCUT2D eigenvalue weighted by molar-refractivity contribution is 8.15. The lowest BCUT2D eigenvalue weighted by Gasteiger charge is -2.04. The monoisotopic (exact) mass is 349 g/mol. The molecule has 25 heavy (non-hydrogen) atoms. The quantitative estimate of drug-likeness (QED) is 0.657. The van der Waals surface area contributed by atoms with Crippen molar-refractivity contribution in [1.82, 2.24) is 5.32 Å². The predicted octanol–water partition coefficient (Wildman–Crippen LogP) is 3.91. The molecular formula is C20H19N3OS. The van der Waals surface area contributed by atoms with Crippen molar-refractivity contribution in [3.8, 4) is 0 Å². The molecule has 0 spiro atoms. The molecule has 0 unspecified atom stereocenters. The zero-order valence-corrected chi connectivity index (χ0v) is 14.7. The number of allylic oxidation sites excluding steroid dienone is 1. The number of thioether (sulfide) groups is 1. The van der Waals surface area contributed by atoms with Gasteiger partial charge in [0.2, 0.25) is 5.91 Å². The first-order valence-electron chi connectivity index (χ1n) is 8.07.